The van der Waals surface area contributed by atoms with Gasteiger partial charge in [-0.1, -0.05) is 24.6 Å². The van der Waals surface area contributed by atoms with E-state index in [9.17, 15) is 14.7 Å². The van der Waals surface area contributed by atoms with Crippen molar-refractivity contribution < 1.29 is 19.8 Å². The second-order valence-electron chi connectivity index (χ2n) is 9.42. The number of carboxylic acid groups (broad SMARTS) is 1. The van der Waals surface area contributed by atoms with E-state index < -0.39 is 11.6 Å². The number of allylic oxidation sites excluding steroid dienone is 5. The van der Waals surface area contributed by atoms with Crippen LogP contribution in [0.2, 0.25) is 0 Å². The van der Waals surface area contributed by atoms with Crippen LogP contribution in [-0.2, 0) is 9.59 Å². The van der Waals surface area contributed by atoms with Gasteiger partial charge < -0.3 is 10.2 Å². The van der Waals surface area contributed by atoms with Gasteiger partial charge in [-0.3, -0.25) is 9.59 Å². The molecule has 28 heavy (non-hydrogen) atoms. The minimum absolute atomic E-state index is 0.00427. The van der Waals surface area contributed by atoms with Crippen LogP contribution in [0.1, 0.15) is 64.7 Å². The van der Waals surface area contributed by atoms with Crippen LogP contribution in [0.5, 0.6) is 0 Å². The predicted molar refractivity (Wildman–Crippen MR) is 107 cm³/mol. The summed E-state index contributed by atoms with van der Waals surface area (Å²) in [4.78, 5) is 23.1. The minimum atomic E-state index is -0.944. The number of carboxylic acids is 1. The number of hydrogen-bond donors (Lipinski definition) is 2. The van der Waals surface area contributed by atoms with Crippen molar-refractivity contribution in [1.29, 1.82) is 0 Å². The molecular formula is C24H30O4. The Hall–Kier alpha value is -1.90. The maximum atomic E-state index is 11.9. The molecule has 0 bridgehead atoms. The summed E-state index contributed by atoms with van der Waals surface area (Å²) in [6, 6.07) is 0. The van der Waals surface area contributed by atoms with Crippen LogP contribution < -0.4 is 0 Å². The zero-order valence-corrected chi connectivity index (χ0v) is 16.7. The molecule has 4 rings (SSSR count). The van der Waals surface area contributed by atoms with Gasteiger partial charge in [0.1, 0.15) is 0 Å². The standard InChI is InChI=1S/C24H30O4/c1-3-4-16-14-23(2)20(9-11-24(23,28)12-10-21(26)27)19-7-5-15-13-17(25)6-8-18(15)22(16)19/h4,13,18-20,28H,1,5-12,14H2,2H3,(H,26,27)/t18-,19-,20-,23-,24+/m0/s1. The van der Waals surface area contributed by atoms with Crippen LogP contribution in [0.25, 0.3) is 0 Å². The lowest BCUT2D eigenvalue weighted by Gasteiger charge is -2.53. The third-order valence-electron chi connectivity index (χ3n) is 8.19. The van der Waals surface area contributed by atoms with Crippen LogP contribution >= 0.6 is 0 Å². The molecule has 2 N–H and O–H groups in total. The smallest absolute Gasteiger partial charge is 0.303 e. The first-order chi connectivity index (χ1) is 13.3. The Balaban J connectivity index is 1.77. The molecule has 0 amide bonds. The molecule has 0 unspecified atom stereocenters. The summed E-state index contributed by atoms with van der Waals surface area (Å²) in [5.74, 6) is 0.497. The highest BCUT2D eigenvalue weighted by atomic mass is 16.4. The molecule has 5 atom stereocenters. The topological polar surface area (TPSA) is 74.6 Å². The molecule has 4 aliphatic carbocycles. The first-order valence-electron chi connectivity index (χ1n) is 10.6. The Kier molecular flexibility index (Phi) is 4.76. The average Bonchev–Trinajstić information content (AvgIpc) is 2.91. The van der Waals surface area contributed by atoms with E-state index in [0.717, 1.165) is 32.1 Å². The summed E-state index contributed by atoms with van der Waals surface area (Å²) in [7, 11) is 0. The highest BCUT2D eigenvalue weighted by Gasteiger charge is 2.61. The SMILES string of the molecule is C=C=CC1=C2[C@H]3CCC(=O)C=C3CC[C@H]2[C@@H]2CC[C@@](O)(CCC(=O)O)[C@@]2(C)C1. The number of carbonyl (C=O) groups is 2. The fraction of sp³-hybridized carbons (Fsp3) is 0.625. The van der Waals surface area contributed by atoms with Gasteiger partial charge in [0, 0.05) is 24.2 Å². The summed E-state index contributed by atoms with van der Waals surface area (Å²) in [6.45, 7) is 5.95. The van der Waals surface area contributed by atoms with Crippen LogP contribution in [0.15, 0.2) is 41.2 Å². The molecular weight excluding hydrogens is 352 g/mol. The number of aliphatic hydroxyl groups is 1. The highest BCUT2D eigenvalue weighted by Crippen LogP contribution is 2.65. The van der Waals surface area contributed by atoms with Crippen LogP contribution in [0, 0.1) is 23.2 Å². The number of ketones is 1. The molecule has 0 heterocycles. The molecule has 4 heteroatoms. The Bertz CT molecular complexity index is 828. The van der Waals surface area contributed by atoms with Crippen LogP contribution in [-0.4, -0.2) is 27.6 Å². The summed E-state index contributed by atoms with van der Waals surface area (Å²) < 4.78 is 0. The fourth-order valence-electron chi connectivity index (χ4n) is 6.83. The zero-order valence-electron chi connectivity index (χ0n) is 16.7. The Morgan fingerprint density at radius 2 is 2.14 bits per heavy atom. The first-order valence-corrected chi connectivity index (χ1v) is 10.6. The highest BCUT2D eigenvalue weighted by molar-refractivity contribution is 5.91. The Morgan fingerprint density at radius 3 is 2.86 bits per heavy atom. The van der Waals surface area contributed by atoms with E-state index in [2.05, 4.69) is 19.2 Å². The van der Waals surface area contributed by atoms with E-state index in [-0.39, 0.29) is 17.6 Å². The maximum absolute atomic E-state index is 11.9. The number of hydrogen-bond acceptors (Lipinski definition) is 3. The second-order valence-corrected chi connectivity index (χ2v) is 9.42. The predicted octanol–water partition coefficient (Wildman–Crippen LogP) is 4.36. The van der Waals surface area contributed by atoms with Crippen molar-refractivity contribution in [2.45, 2.75) is 70.3 Å². The van der Waals surface area contributed by atoms with E-state index in [1.807, 2.05) is 12.2 Å². The number of aliphatic carboxylic acids is 1. The quantitative estimate of drug-likeness (QED) is 0.709. The molecule has 4 nitrogen and oxygen atoms in total. The van der Waals surface area contributed by atoms with Crippen molar-refractivity contribution in [3.05, 3.63) is 41.2 Å². The monoisotopic (exact) mass is 382 g/mol. The van der Waals surface area contributed by atoms with Crippen molar-refractivity contribution in [2.24, 2.45) is 23.2 Å². The largest absolute Gasteiger partial charge is 0.481 e. The van der Waals surface area contributed by atoms with Gasteiger partial charge in [-0.15, -0.1) is 5.73 Å². The van der Waals surface area contributed by atoms with Crippen molar-refractivity contribution in [3.8, 4) is 0 Å². The molecule has 2 saturated carbocycles. The molecule has 0 aliphatic heterocycles. The van der Waals surface area contributed by atoms with Gasteiger partial charge >= 0.3 is 5.97 Å². The van der Waals surface area contributed by atoms with Crippen molar-refractivity contribution in [1.82, 2.24) is 0 Å². The molecule has 0 spiro atoms. The van der Waals surface area contributed by atoms with Crippen LogP contribution in [0.4, 0.5) is 0 Å². The van der Waals surface area contributed by atoms with Gasteiger partial charge in [-0.25, -0.2) is 0 Å². The van der Waals surface area contributed by atoms with Gasteiger partial charge in [0.15, 0.2) is 5.78 Å². The van der Waals surface area contributed by atoms with E-state index in [1.165, 1.54) is 16.7 Å². The molecule has 0 aromatic carbocycles. The van der Waals surface area contributed by atoms with Crippen LogP contribution in [0.3, 0.4) is 0 Å². The summed E-state index contributed by atoms with van der Waals surface area (Å²) >= 11 is 0. The van der Waals surface area contributed by atoms with E-state index in [4.69, 9.17) is 5.11 Å². The summed E-state index contributed by atoms with van der Waals surface area (Å²) in [5, 5.41) is 20.7. The molecule has 150 valence electrons. The molecule has 0 radical (unpaired) electrons. The second kappa shape index (κ2) is 6.86. The van der Waals surface area contributed by atoms with Gasteiger partial charge in [0.25, 0.3) is 0 Å². The Labute approximate surface area is 166 Å². The molecule has 4 aliphatic rings. The summed E-state index contributed by atoms with van der Waals surface area (Å²) in [5.41, 5.74) is 5.62. The minimum Gasteiger partial charge on any atom is -0.481 e. The zero-order chi connectivity index (χ0) is 20.1. The number of fused-ring (bicyclic) bond motifs is 5. The summed E-state index contributed by atoms with van der Waals surface area (Å²) in [6.07, 6.45) is 9.97. The third-order valence-corrected chi connectivity index (χ3v) is 8.19. The number of carbonyl (C=O) groups excluding carboxylic acids is 1. The van der Waals surface area contributed by atoms with Crippen molar-refractivity contribution in [3.63, 3.8) is 0 Å². The average molecular weight is 383 g/mol. The lowest BCUT2D eigenvalue weighted by atomic mass is 9.52. The van der Waals surface area contributed by atoms with E-state index in [1.54, 1.807) is 0 Å². The van der Waals surface area contributed by atoms with E-state index >= 15 is 0 Å². The lowest BCUT2D eigenvalue weighted by Crippen LogP contribution is -2.50. The van der Waals surface area contributed by atoms with E-state index in [0.29, 0.717) is 37.0 Å². The Morgan fingerprint density at radius 1 is 1.36 bits per heavy atom. The molecule has 2 fully saturated rings. The normalized spacial score (nSPS) is 39.4. The van der Waals surface area contributed by atoms with Gasteiger partial charge in [-0.2, -0.15) is 0 Å². The van der Waals surface area contributed by atoms with Crippen molar-refractivity contribution in [2.75, 3.05) is 0 Å². The molecule has 0 aromatic rings. The number of rotatable bonds is 4. The first kappa shape index (κ1) is 19.4. The van der Waals surface area contributed by atoms with Gasteiger partial charge in [-0.05, 0) is 74.5 Å². The third kappa shape index (κ3) is 2.86. The molecule has 0 saturated heterocycles. The van der Waals surface area contributed by atoms with Gasteiger partial charge in [0.05, 0.1) is 5.60 Å². The molecule has 0 aromatic heterocycles. The van der Waals surface area contributed by atoms with Gasteiger partial charge in [0.2, 0.25) is 0 Å². The van der Waals surface area contributed by atoms with Crippen molar-refractivity contribution >= 4 is 11.8 Å². The fourth-order valence-corrected chi connectivity index (χ4v) is 6.83. The lowest BCUT2D eigenvalue weighted by molar-refractivity contribution is -0.141. The maximum Gasteiger partial charge on any atom is 0.303 e.